The van der Waals surface area contributed by atoms with Crippen LogP contribution in [0.2, 0.25) is 0 Å². The summed E-state index contributed by atoms with van der Waals surface area (Å²) in [5, 5.41) is 12.2. The number of hydrogen-bond acceptors (Lipinski definition) is 7. The van der Waals surface area contributed by atoms with Crippen molar-refractivity contribution in [2.24, 2.45) is 7.05 Å². The van der Waals surface area contributed by atoms with Crippen LogP contribution in [0, 0.1) is 12.7 Å². The van der Waals surface area contributed by atoms with Crippen molar-refractivity contribution in [2.75, 3.05) is 11.9 Å². The van der Waals surface area contributed by atoms with E-state index in [1.807, 2.05) is 20.9 Å². The smallest absolute Gasteiger partial charge is 0.358 e. The van der Waals surface area contributed by atoms with Gasteiger partial charge in [0, 0.05) is 29.9 Å². The molecule has 0 spiro atoms. The van der Waals surface area contributed by atoms with Crippen molar-refractivity contribution in [3.63, 3.8) is 0 Å². The molecule has 4 aromatic rings. The van der Waals surface area contributed by atoms with Crippen molar-refractivity contribution in [1.82, 2.24) is 29.5 Å². The lowest BCUT2D eigenvalue weighted by atomic mass is 10.1. The summed E-state index contributed by atoms with van der Waals surface area (Å²) >= 11 is 0. The highest BCUT2D eigenvalue weighted by atomic mass is 19.1. The van der Waals surface area contributed by atoms with Crippen LogP contribution in [0.4, 0.5) is 16.0 Å². The van der Waals surface area contributed by atoms with Gasteiger partial charge >= 0.3 is 5.97 Å². The lowest BCUT2D eigenvalue weighted by Crippen LogP contribution is -2.08. The second-order valence-electron chi connectivity index (χ2n) is 7.35. The predicted molar refractivity (Wildman–Crippen MR) is 121 cm³/mol. The minimum Gasteiger partial charge on any atom is -0.461 e. The fourth-order valence-electron chi connectivity index (χ4n) is 3.64. The number of aromatic nitrogens is 6. The Hall–Kier alpha value is -4.08. The van der Waals surface area contributed by atoms with Gasteiger partial charge in [0.2, 0.25) is 0 Å². The van der Waals surface area contributed by atoms with Crippen LogP contribution in [-0.2, 0) is 18.2 Å². The Morgan fingerprint density at radius 2 is 1.88 bits per heavy atom. The van der Waals surface area contributed by atoms with Crippen molar-refractivity contribution in [3.8, 4) is 17.1 Å². The van der Waals surface area contributed by atoms with Crippen LogP contribution in [0.25, 0.3) is 17.1 Å². The summed E-state index contributed by atoms with van der Waals surface area (Å²) in [4.78, 5) is 20.6. The van der Waals surface area contributed by atoms with E-state index in [9.17, 15) is 9.18 Å². The van der Waals surface area contributed by atoms with Gasteiger partial charge in [-0.05, 0) is 50.6 Å². The van der Waals surface area contributed by atoms with E-state index in [0.29, 0.717) is 23.9 Å². The topological polar surface area (TPSA) is 99.8 Å². The number of carbonyl (C=O) groups excluding carboxylic acids is 1. The van der Waals surface area contributed by atoms with E-state index in [1.54, 1.807) is 40.6 Å². The molecule has 0 aliphatic heterocycles. The molecule has 0 fully saturated rings. The number of hydrogen-bond donors (Lipinski definition) is 1. The largest absolute Gasteiger partial charge is 0.461 e. The van der Waals surface area contributed by atoms with E-state index in [-0.39, 0.29) is 18.1 Å². The zero-order valence-corrected chi connectivity index (χ0v) is 18.8. The first-order valence-corrected chi connectivity index (χ1v) is 10.6. The number of carbonyl (C=O) groups is 1. The first-order chi connectivity index (χ1) is 15.9. The molecule has 0 saturated heterocycles. The van der Waals surface area contributed by atoms with Gasteiger partial charge < -0.3 is 10.1 Å². The molecule has 4 rings (SSSR count). The van der Waals surface area contributed by atoms with E-state index in [0.717, 1.165) is 22.5 Å². The Bertz CT molecular complexity index is 1290. The predicted octanol–water partition coefficient (Wildman–Crippen LogP) is 3.99. The molecule has 0 atom stereocenters. The number of rotatable bonds is 7. The SMILES string of the molecule is CCOC(=O)c1cc(C)n(-c2cc(Nc3nn(C)c(-c4ccc(F)cc4)c3CC)ncn2)n1. The van der Waals surface area contributed by atoms with Gasteiger partial charge in [0.25, 0.3) is 0 Å². The molecule has 0 amide bonds. The third kappa shape index (κ3) is 4.45. The first-order valence-electron chi connectivity index (χ1n) is 10.6. The molecule has 0 unspecified atom stereocenters. The lowest BCUT2D eigenvalue weighted by molar-refractivity contribution is 0.0519. The molecule has 3 heterocycles. The Morgan fingerprint density at radius 1 is 1.12 bits per heavy atom. The Morgan fingerprint density at radius 3 is 2.58 bits per heavy atom. The monoisotopic (exact) mass is 449 g/mol. The third-order valence-electron chi connectivity index (χ3n) is 5.10. The van der Waals surface area contributed by atoms with E-state index in [4.69, 9.17) is 4.74 Å². The fraction of sp³-hybridized carbons (Fsp3) is 0.261. The number of nitrogens with zero attached hydrogens (tertiary/aromatic N) is 6. The maximum Gasteiger partial charge on any atom is 0.358 e. The summed E-state index contributed by atoms with van der Waals surface area (Å²) < 4.78 is 21.7. The van der Waals surface area contributed by atoms with E-state index >= 15 is 0 Å². The van der Waals surface area contributed by atoms with E-state index in [2.05, 4.69) is 25.5 Å². The molecule has 0 aliphatic rings. The number of aryl methyl sites for hydroxylation is 2. The normalized spacial score (nSPS) is 10.9. The molecule has 0 radical (unpaired) electrons. The molecule has 170 valence electrons. The van der Waals surface area contributed by atoms with Gasteiger partial charge in [-0.15, -0.1) is 0 Å². The number of anilines is 2. The van der Waals surface area contributed by atoms with Gasteiger partial charge in [0.15, 0.2) is 17.3 Å². The fourth-order valence-corrected chi connectivity index (χ4v) is 3.64. The maximum absolute atomic E-state index is 13.4. The average Bonchev–Trinajstić information content (AvgIpc) is 3.34. The molecule has 1 aromatic carbocycles. The van der Waals surface area contributed by atoms with Gasteiger partial charge in [-0.2, -0.15) is 10.2 Å². The summed E-state index contributed by atoms with van der Waals surface area (Å²) in [5.74, 6) is 0.889. The molecular formula is C23H24FN7O2. The van der Waals surface area contributed by atoms with Crippen molar-refractivity contribution in [3.05, 3.63) is 65.5 Å². The van der Waals surface area contributed by atoms with Crippen LogP contribution in [-0.4, -0.2) is 42.1 Å². The van der Waals surface area contributed by atoms with E-state index < -0.39 is 5.97 Å². The number of ether oxygens (including phenoxy) is 1. The standard InChI is InChI=1S/C23H24FN7O2/c1-5-17-21(15-7-9-16(24)10-8-15)30(4)29-22(17)27-19-12-20(26-13-25-19)31-14(3)11-18(28-31)23(32)33-6-2/h7-13H,5-6H2,1-4H3,(H,25,26,27,29). The van der Waals surface area contributed by atoms with Crippen molar-refractivity contribution in [1.29, 1.82) is 0 Å². The first kappa shape index (κ1) is 22.1. The second-order valence-corrected chi connectivity index (χ2v) is 7.35. The third-order valence-corrected chi connectivity index (χ3v) is 5.10. The van der Waals surface area contributed by atoms with Crippen molar-refractivity contribution in [2.45, 2.75) is 27.2 Å². The Labute approximate surface area is 190 Å². The zero-order chi connectivity index (χ0) is 23.5. The summed E-state index contributed by atoms with van der Waals surface area (Å²) in [6.07, 6.45) is 2.13. The number of benzene rings is 1. The van der Waals surface area contributed by atoms with Gasteiger partial charge in [-0.3, -0.25) is 4.68 Å². The van der Waals surface area contributed by atoms with Gasteiger partial charge in [-0.1, -0.05) is 6.92 Å². The molecule has 33 heavy (non-hydrogen) atoms. The quantitative estimate of drug-likeness (QED) is 0.426. The summed E-state index contributed by atoms with van der Waals surface area (Å²) in [6.45, 7) is 5.88. The number of esters is 1. The number of halogens is 1. The van der Waals surface area contributed by atoms with E-state index in [1.165, 1.54) is 18.5 Å². The summed E-state index contributed by atoms with van der Waals surface area (Å²) in [6, 6.07) is 9.71. The highest BCUT2D eigenvalue weighted by Crippen LogP contribution is 2.31. The van der Waals surface area contributed by atoms with Crippen molar-refractivity contribution < 1.29 is 13.9 Å². The van der Waals surface area contributed by atoms with Crippen LogP contribution in [0.15, 0.2) is 42.7 Å². The van der Waals surface area contributed by atoms with Crippen LogP contribution in [0.1, 0.15) is 35.6 Å². The van der Waals surface area contributed by atoms with Crippen LogP contribution in [0.3, 0.4) is 0 Å². The van der Waals surface area contributed by atoms with Gasteiger partial charge in [0.05, 0.1) is 12.3 Å². The molecule has 1 N–H and O–H groups in total. The minimum atomic E-state index is -0.485. The average molecular weight is 449 g/mol. The Kier molecular flexibility index (Phi) is 6.16. The van der Waals surface area contributed by atoms with Gasteiger partial charge in [0.1, 0.15) is 18.0 Å². The summed E-state index contributed by atoms with van der Waals surface area (Å²) in [7, 11) is 1.85. The molecule has 10 heteroatoms. The molecule has 3 aromatic heterocycles. The number of nitrogens with one attached hydrogen (secondary N) is 1. The van der Waals surface area contributed by atoms with Crippen LogP contribution >= 0.6 is 0 Å². The van der Waals surface area contributed by atoms with Crippen molar-refractivity contribution >= 4 is 17.6 Å². The highest BCUT2D eigenvalue weighted by Gasteiger charge is 2.18. The van der Waals surface area contributed by atoms with Crippen LogP contribution in [0.5, 0.6) is 0 Å². The second kappa shape index (κ2) is 9.19. The minimum absolute atomic E-state index is 0.212. The molecule has 0 saturated carbocycles. The Balaban J connectivity index is 1.65. The summed E-state index contributed by atoms with van der Waals surface area (Å²) in [5.41, 5.74) is 3.69. The maximum atomic E-state index is 13.4. The molecule has 0 bridgehead atoms. The van der Waals surface area contributed by atoms with Crippen LogP contribution < -0.4 is 5.32 Å². The lowest BCUT2D eigenvalue weighted by Gasteiger charge is -2.08. The van der Waals surface area contributed by atoms with Gasteiger partial charge in [-0.25, -0.2) is 23.8 Å². The molecule has 9 nitrogen and oxygen atoms in total. The zero-order valence-electron chi connectivity index (χ0n) is 18.8. The molecular weight excluding hydrogens is 425 g/mol. The highest BCUT2D eigenvalue weighted by molar-refractivity contribution is 5.87. The molecule has 0 aliphatic carbocycles.